The molecule has 1 aliphatic heterocycles. The second-order valence-electron chi connectivity index (χ2n) is 7.12. The summed E-state index contributed by atoms with van der Waals surface area (Å²) in [6, 6.07) is 9.79. The number of nitrogens with one attached hydrogen (secondary N) is 1. The molecule has 8 heteroatoms. The molecule has 3 aliphatic rings. The molecule has 0 bridgehead atoms. The maximum absolute atomic E-state index is 12.1. The lowest BCUT2D eigenvalue weighted by Gasteiger charge is -2.14. The van der Waals surface area contributed by atoms with Gasteiger partial charge in [-0.1, -0.05) is 12.1 Å². The maximum Gasteiger partial charge on any atom is 0.414 e. The molecule has 6 nitrogen and oxygen atoms in total. The maximum atomic E-state index is 12.1. The number of nitrogens with zero attached hydrogens (tertiary/aromatic N) is 2. The van der Waals surface area contributed by atoms with E-state index in [-0.39, 0.29) is 17.9 Å². The van der Waals surface area contributed by atoms with E-state index in [1.54, 1.807) is 0 Å². The van der Waals surface area contributed by atoms with Crippen LogP contribution in [0.1, 0.15) is 24.8 Å². The Hall–Kier alpha value is -1.97. The Bertz CT molecular complexity index is 799. The van der Waals surface area contributed by atoms with Crippen molar-refractivity contribution in [3.8, 4) is 6.07 Å². The minimum Gasteiger partial charge on any atom is -0.442 e. The highest BCUT2D eigenvalue weighted by atomic mass is 35.5. The molecule has 1 aromatic rings. The average molecular weight is 394 g/mol. The van der Waals surface area contributed by atoms with E-state index in [9.17, 15) is 14.9 Å². The molecule has 2 amide bonds. The zero-order valence-electron chi connectivity index (χ0n) is 13.9. The van der Waals surface area contributed by atoms with Gasteiger partial charge in [-0.15, -0.1) is 23.2 Å². The van der Waals surface area contributed by atoms with Crippen molar-refractivity contribution in [2.75, 3.05) is 18.0 Å². The highest BCUT2D eigenvalue weighted by Gasteiger charge is 2.56. The number of cyclic esters (lactones) is 1. The highest BCUT2D eigenvalue weighted by Crippen LogP contribution is 2.53. The average Bonchev–Trinajstić information content (AvgIpc) is 3.51. The third-order valence-electron chi connectivity index (χ3n) is 5.22. The number of carbonyl (C=O) groups is 2. The summed E-state index contributed by atoms with van der Waals surface area (Å²) < 4.78 is 4.35. The molecule has 136 valence electrons. The van der Waals surface area contributed by atoms with Gasteiger partial charge in [0.2, 0.25) is 5.91 Å². The molecular formula is C18H17Cl2N3O3. The van der Waals surface area contributed by atoms with Gasteiger partial charge in [-0.3, -0.25) is 9.69 Å². The monoisotopic (exact) mass is 393 g/mol. The standard InChI is InChI=1S/C18H17Cl2N3O3/c19-18(20)7-14(18)15(24)22-8-13-9-23(16(25)26-13)12-3-1-11(2-4-12)17(10-21)5-6-17/h1-4,13-14H,5-9H2,(H,22,24). The van der Waals surface area contributed by atoms with Gasteiger partial charge < -0.3 is 10.1 Å². The largest absolute Gasteiger partial charge is 0.442 e. The van der Waals surface area contributed by atoms with Crippen molar-refractivity contribution >= 4 is 40.9 Å². The first-order valence-corrected chi connectivity index (χ1v) is 9.26. The summed E-state index contributed by atoms with van der Waals surface area (Å²) in [4.78, 5) is 25.6. The molecule has 26 heavy (non-hydrogen) atoms. The van der Waals surface area contributed by atoms with E-state index >= 15 is 0 Å². The molecule has 2 atom stereocenters. The smallest absolute Gasteiger partial charge is 0.414 e. The first kappa shape index (κ1) is 17.4. The number of carbonyl (C=O) groups excluding carboxylic acids is 2. The van der Waals surface area contributed by atoms with Gasteiger partial charge in [0.25, 0.3) is 0 Å². The lowest BCUT2D eigenvalue weighted by molar-refractivity contribution is -0.122. The van der Waals surface area contributed by atoms with Gasteiger partial charge in [-0.2, -0.15) is 5.26 Å². The number of anilines is 1. The van der Waals surface area contributed by atoms with Crippen molar-refractivity contribution in [2.45, 2.75) is 35.1 Å². The van der Waals surface area contributed by atoms with Crippen LogP contribution in [0, 0.1) is 17.2 Å². The van der Waals surface area contributed by atoms with Crippen molar-refractivity contribution in [2.24, 2.45) is 5.92 Å². The van der Waals surface area contributed by atoms with E-state index in [1.807, 2.05) is 24.3 Å². The summed E-state index contributed by atoms with van der Waals surface area (Å²) in [6.07, 6.45) is 1.31. The van der Waals surface area contributed by atoms with Crippen molar-refractivity contribution in [1.29, 1.82) is 5.26 Å². The highest BCUT2D eigenvalue weighted by molar-refractivity contribution is 6.52. The van der Waals surface area contributed by atoms with Crippen LogP contribution in [0.25, 0.3) is 0 Å². The summed E-state index contributed by atoms with van der Waals surface area (Å²) in [5.41, 5.74) is 1.35. The Morgan fingerprint density at radius 2 is 2.00 bits per heavy atom. The SMILES string of the molecule is N#CC1(c2ccc(N3CC(CNC(=O)C4CC4(Cl)Cl)OC3=O)cc2)CC1. The lowest BCUT2D eigenvalue weighted by atomic mass is 9.97. The topological polar surface area (TPSA) is 82.4 Å². The first-order chi connectivity index (χ1) is 12.3. The van der Waals surface area contributed by atoms with Crippen LogP contribution in [0.15, 0.2) is 24.3 Å². The van der Waals surface area contributed by atoms with E-state index in [4.69, 9.17) is 27.9 Å². The minimum atomic E-state index is -0.966. The van der Waals surface area contributed by atoms with Crippen molar-refractivity contribution in [1.82, 2.24) is 5.32 Å². The fourth-order valence-corrected chi connectivity index (χ4v) is 3.73. The van der Waals surface area contributed by atoms with Gasteiger partial charge in [0.1, 0.15) is 10.4 Å². The van der Waals surface area contributed by atoms with Crippen molar-refractivity contribution < 1.29 is 14.3 Å². The first-order valence-electron chi connectivity index (χ1n) is 8.50. The lowest BCUT2D eigenvalue weighted by Crippen LogP contribution is -2.36. The molecule has 1 N–H and O–H groups in total. The predicted octanol–water partition coefficient (Wildman–Crippen LogP) is 2.88. The second kappa shape index (κ2) is 6.04. The van der Waals surface area contributed by atoms with E-state index < -0.39 is 22.4 Å². The zero-order valence-corrected chi connectivity index (χ0v) is 15.4. The fraction of sp³-hybridized carbons (Fsp3) is 0.500. The third-order valence-corrected chi connectivity index (χ3v) is 6.05. The van der Waals surface area contributed by atoms with Crippen LogP contribution in [-0.4, -0.2) is 35.5 Å². The van der Waals surface area contributed by atoms with Crippen molar-refractivity contribution in [3.05, 3.63) is 29.8 Å². The van der Waals surface area contributed by atoms with Crippen LogP contribution in [0.3, 0.4) is 0 Å². The number of ether oxygens (including phenoxy) is 1. The number of nitriles is 1. The van der Waals surface area contributed by atoms with Gasteiger partial charge in [0.15, 0.2) is 0 Å². The third kappa shape index (κ3) is 3.10. The van der Waals surface area contributed by atoms with Crippen LogP contribution >= 0.6 is 23.2 Å². The summed E-state index contributed by atoms with van der Waals surface area (Å²) in [6.45, 7) is 0.566. The molecule has 1 aromatic carbocycles. The van der Waals surface area contributed by atoms with E-state index in [0.717, 1.165) is 18.4 Å². The second-order valence-corrected chi connectivity index (χ2v) is 8.66. The van der Waals surface area contributed by atoms with Crippen LogP contribution < -0.4 is 10.2 Å². The molecule has 0 radical (unpaired) electrons. The number of halogens is 2. The summed E-state index contributed by atoms with van der Waals surface area (Å²) in [5, 5.41) is 12.0. The normalized spacial score (nSPS) is 27.4. The predicted molar refractivity (Wildman–Crippen MR) is 96.1 cm³/mol. The van der Waals surface area contributed by atoms with Crippen LogP contribution in [0.2, 0.25) is 0 Å². The summed E-state index contributed by atoms with van der Waals surface area (Å²) >= 11 is 11.7. The zero-order chi connectivity index (χ0) is 18.5. The molecule has 0 spiro atoms. The summed E-state index contributed by atoms with van der Waals surface area (Å²) in [5.74, 6) is -0.624. The number of hydrogen-bond donors (Lipinski definition) is 1. The molecule has 2 unspecified atom stereocenters. The molecule has 4 rings (SSSR count). The molecule has 3 fully saturated rings. The Balaban J connectivity index is 1.34. The van der Waals surface area contributed by atoms with Crippen LogP contribution in [-0.2, 0) is 14.9 Å². The Labute approximate surface area is 161 Å². The number of hydrogen-bond acceptors (Lipinski definition) is 4. The van der Waals surface area contributed by atoms with E-state index in [0.29, 0.717) is 18.7 Å². The number of amides is 2. The van der Waals surface area contributed by atoms with Gasteiger partial charge in [-0.05, 0) is 37.0 Å². The van der Waals surface area contributed by atoms with Gasteiger partial charge >= 0.3 is 6.09 Å². The molecular weight excluding hydrogens is 377 g/mol. The molecule has 2 saturated carbocycles. The Morgan fingerprint density at radius 1 is 1.35 bits per heavy atom. The Morgan fingerprint density at radius 3 is 2.54 bits per heavy atom. The van der Waals surface area contributed by atoms with E-state index in [1.165, 1.54) is 4.90 Å². The van der Waals surface area contributed by atoms with E-state index in [2.05, 4.69) is 11.4 Å². The van der Waals surface area contributed by atoms with Crippen LogP contribution in [0.4, 0.5) is 10.5 Å². The minimum absolute atomic E-state index is 0.219. The fourth-order valence-electron chi connectivity index (χ4n) is 3.22. The quantitative estimate of drug-likeness (QED) is 0.779. The van der Waals surface area contributed by atoms with Crippen molar-refractivity contribution in [3.63, 3.8) is 0 Å². The van der Waals surface area contributed by atoms with Gasteiger partial charge in [-0.25, -0.2) is 4.79 Å². The number of rotatable bonds is 5. The summed E-state index contributed by atoms with van der Waals surface area (Å²) in [7, 11) is 0. The molecule has 0 aromatic heterocycles. The van der Waals surface area contributed by atoms with Gasteiger partial charge in [0.05, 0.1) is 30.5 Å². The number of alkyl halides is 2. The molecule has 2 aliphatic carbocycles. The Kier molecular flexibility index (Phi) is 4.05. The molecule has 1 saturated heterocycles. The molecule has 1 heterocycles. The van der Waals surface area contributed by atoms with Crippen LogP contribution in [0.5, 0.6) is 0 Å². The van der Waals surface area contributed by atoms with Gasteiger partial charge in [0, 0.05) is 5.69 Å². The number of benzene rings is 1.